The molecule has 1 unspecified atom stereocenters. The van der Waals surface area contributed by atoms with Crippen LogP contribution in [0.5, 0.6) is 0 Å². The third kappa shape index (κ3) is 4.24. The van der Waals surface area contributed by atoms with Gasteiger partial charge in [-0.05, 0) is 31.2 Å². The van der Waals surface area contributed by atoms with Crippen molar-refractivity contribution >= 4 is 23.2 Å². The summed E-state index contributed by atoms with van der Waals surface area (Å²) in [6, 6.07) is 19.8. The first-order valence-corrected chi connectivity index (χ1v) is 10.4. The molecule has 0 spiro atoms. The number of rotatable bonds is 4. The van der Waals surface area contributed by atoms with E-state index in [9.17, 15) is 9.59 Å². The monoisotopic (exact) mass is 422 g/mol. The molecule has 1 aromatic heterocycles. The molecular formula is C23H23ClN4O2. The Morgan fingerprint density at radius 2 is 1.70 bits per heavy atom. The third-order valence-electron chi connectivity index (χ3n) is 5.38. The predicted molar refractivity (Wildman–Crippen MR) is 119 cm³/mol. The van der Waals surface area contributed by atoms with E-state index in [4.69, 9.17) is 11.6 Å². The van der Waals surface area contributed by atoms with Gasteiger partial charge in [0.15, 0.2) is 0 Å². The van der Waals surface area contributed by atoms with Crippen molar-refractivity contribution in [1.29, 1.82) is 0 Å². The number of piperazine rings is 1. The molecule has 0 aliphatic carbocycles. The molecule has 4 rings (SSSR count). The van der Waals surface area contributed by atoms with Crippen molar-refractivity contribution < 1.29 is 4.79 Å². The van der Waals surface area contributed by atoms with E-state index >= 15 is 0 Å². The molecule has 7 heteroatoms. The first-order chi connectivity index (χ1) is 14.5. The highest BCUT2D eigenvalue weighted by atomic mass is 35.5. The lowest BCUT2D eigenvalue weighted by Gasteiger charge is -2.37. The number of amides is 1. The maximum Gasteiger partial charge on any atom is 0.267 e. The molecule has 1 saturated heterocycles. The Hall–Kier alpha value is -3.12. The average Bonchev–Trinajstić information content (AvgIpc) is 2.79. The molecule has 3 aromatic rings. The Morgan fingerprint density at radius 3 is 2.40 bits per heavy atom. The minimum absolute atomic E-state index is 0.0967. The summed E-state index contributed by atoms with van der Waals surface area (Å²) in [4.78, 5) is 29.5. The fraction of sp³-hybridized carbons (Fsp3) is 0.261. The van der Waals surface area contributed by atoms with E-state index in [1.54, 1.807) is 17.9 Å². The van der Waals surface area contributed by atoms with Crippen molar-refractivity contribution in [2.45, 2.75) is 13.0 Å². The van der Waals surface area contributed by atoms with Gasteiger partial charge in [-0.25, -0.2) is 4.68 Å². The van der Waals surface area contributed by atoms with Crippen molar-refractivity contribution in [2.75, 3.05) is 31.1 Å². The van der Waals surface area contributed by atoms with Crippen LogP contribution in [0.2, 0.25) is 5.02 Å². The number of nitrogens with zero attached hydrogens (tertiary/aromatic N) is 4. The molecule has 2 heterocycles. The van der Waals surface area contributed by atoms with Crippen LogP contribution in [0.3, 0.4) is 0 Å². The van der Waals surface area contributed by atoms with Crippen molar-refractivity contribution in [2.24, 2.45) is 0 Å². The van der Waals surface area contributed by atoms with Crippen molar-refractivity contribution in [1.82, 2.24) is 14.7 Å². The third-order valence-corrected chi connectivity index (χ3v) is 5.62. The molecule has 0 N–H and O–H groups in total. The molecule has 6 nitrogen and oxygen atoms in total. The van der Waals surface area contributed by atoms with E-state index in [-0.39, 0.29) is 11.5 Å². The zero-order valence-corrected chi connectivity index (χ0v) is 17.5. The van der Waals surface area contributed by atoms with E-state index in [1.165, 1.54) is 10.7 Å². The van der Waals surface area contributed by atoms with E-state index in [0.717, 1.165) is 11.3 Å². The standard InChI is InChI=1S/C23H23ClN4O2/c1-17(28-22(29)11-10-21(25-28)18-6-3-2-4-7-18)23(30)27-14-12-26(13-15-27)20-9-5-8-19(24)16-20/h2-11,16-17H,12-15H2,1H3. The van der Waals surface area contributed by atoms with Gasteiger partial charge < -0.3 is 9.80 Å². The maximum absolute atomic E-state index is 13.1. The Morgan fingerprint density at radius 1 is 0.967 bits per heavy atom. The number of hydrogen-bond donors (Lipinski definition) is 0. The SMILES string of the molecule is CC(C(=O)N1CCN(c2cccc(Cl)c2)CC1)n1nc(-c2ccccc2)ccc1=O. The van der Waals surface area contributed by atoms with Crippen molar-refractivity contribution in [3.05, 3.63) is 82.1 Å². The second-order valence-corrected chi connectivity index (χ2v) is 7.77. The number of carbonyl (C=O) groups excluding carboxylic acids is 1. The van der Waals surface area contributed by atoms with Gasteiger partial charge in [-0.1, -0.05) is 48.0 Å². The van der Waals surface area contributed by atoms with Gasteiger partial charge in [-0.3, -0.25) is 9.59 Å². The summed E-state index contributed by atoms with van der Waals surface area (Å²) in [6.45, 7) is 4.33. The quantitative estimate of drug-likeness (QED) is 0.646. The Bertz CT molecular complexity index is 1090. The summed E-state index contributed by atoms with van der Waals surface area (Å²) >= 11 is 6.09. The van der Waals surface area contributed by atoms with E-state index in [1.807, 2.05) is 54.6 Å². The van der Waals surface area contributed by atoms with Crippen LogP contribution in [0, 0.1) is 0 Å². The number of carbonyl (C=O) groups is 1. The highest BCUT2D eigenvalue weighted by Crippen LogP contribution is 2.22. The number of anilines is 1. The molecule has 1 atom stereocenters. The largest absolute Gasteiger partial charge is 0.368 e. The first kappa shape index (κ1) is 20.2. The lowest BCUT2D eigenvalue weighted by Crippen LogP contribution is -2.51. The topological polar surface area (TPSA) is 58.4 Å². The van der Waals surface area contributed by atoms with Gasteiger partial charge in [-0.15, -0.1) is 0 Å². The Labute approximate surface area is 180 Å². The summed E-state index contributed by atoms with van der Waals surface area (Å²) in [5, 5.41) is 5.16. The van der Waals surface area contributed by atoms with Crippen LogP contribution < -0.4 is 10.5 Å². The number of aromatic nitrogens is 2. The van der Waals surface area contributed by atoms with Gasteiger partial charge >= 0.3 is 0 Å². The minimum atomic E-state index is -0.668. The highest BCUT2D eigenvalue weighted by Gasteiger charge is 2.27. The van der Waals surface area contributed by atoms with Crippen LogP contribution in [0.15, 0.2) is 71.5 Å². The fourth-order valence-corrected chi connectivity index (χ4v) is 3.88. The van der Waals surface area contributed by atoms with Gasteiger partial charge in [0, 0.05) is 48.5 Å². The Balaban J connectivity index is 1.47. The van der Waals surface area contributed by atoms with Crippen molar-refractivity contribution in [3.63, 3.8) is 0 Å². The van der Waals surface area contributed by atoms with Crippen molar-refractivity contribution in [3.8, 4) is 11.3 Å². The van der Waals surface area contributed by atoms with Crippen LogP contribution in [-0.4, -0.2) is 46.8 Å². The first-order valence-electron chi connectivity index (χ1n) is 9.97. The van der Waals surface area contributed by atoms with Gasteiger partial charge in [0.05, 0.1) is 5.69 Å². The number of hydrogen-bond acceptors (Lipinski definition) is 4. The summed E-state index contributed by atoms with van der Waals surface area (Å²) in [5.41, 5.74) is 2.34. The lowest BCUT2D eigenvalue weighted by molar-refractivity contribution is -0.135. The minimum Gasteiger partial charge on any atom is -0.368 e. The molecule has 0 saturated carbocycles. The second-order valence-electron chi connectivity index (χ2n) is 7.34. The lowest BCUT2D eigenvalue weighted by atomic mass is 10.1. The van der Waals surface area contributed by atoms with Crippen LogP contribution in [0.25, 0.3) is 11.3 Å². The van der Waals surface area contributed by atoms with Crippen LogP contribution in [0.4, 0.5) is 5.69 Å². The average molecular weight is 423 g/mol. The van der Waals surface area contributed by atoms with Crippen LogP contribution in [0.1, 0.15) is 13.0 Å². The maximum atomic E-state index is 13.1. The van der Waals surface area contributed by atoms with Crippen LogP contribution >= 0.6 is 11.6 Å². The zero-order chi connectivity index (χ0) is 21.1. The molecule has 30 heavy (non-hydrogen) atoms. The molecule has 0 bridgehead atoms. The predicted octanol–water partition coefficient (Wildman–Crippen LogP) is 3.47. The normalized spacial score (nSPS) is 15.1. The summed E-state index contributed by atoms with van der Waals surface area (Å²) in [5.74, 6) is -0.0967. The van der Waals surface area contributed by atoms with Gasteiger partial charge in [0.2, 0.25) is 5.91 Å². The van der Waals surface area contributed by atoms with Gasteiger partial charge in [0.25, 0.3) is 5.56 Å². The molecule has 1 aliphatic rings. The molecule has 1 fully saturated rings. The number of halogens is 1. The smallest absolute Gasteiger partial charge is 0.267 e. The molecule has 0 radical (unpaired) electrons. The summed E-state index contributed by atoms with van der Waals surface area (Å²) in [7, 11) is 0. The van der Waals surface area contributed by atoms with E-state index in [0.29, 0.717) is 36.9 Å². The molecular weight excluding hydrogens is 400 g/mol. The van der Waals surface area contributed by atoms with Gasteiger partial charge in [0.1, 0.15) is 6.04 Å². The second kappa shape index (κ2) is 8.71. The molecule has 1 amide bonds. The molecule has 1 aliphatic heterocycles. The molecule has 154 valence electrons. The zero-order valence-electron chi connectivity index (χ0n) is 16.7. The summed E-state index contributed by atoms with van der Waals surface area (Å²) < 4.78 is 1.29. The highest BCUT2D eigenvalue weighted by molar-refractivity contribution is 6.30. The number of benzene rings is 2. The Kier molecular flexibility index (Phi) is 5.86. The summed E-state index contributed by atoms with van der Waals surface area (Å²) in [6.07, 6.45) is 0. The van der Waals surface area contributed by atoms with Crippen LogP contribution in [-0.2, 0) is 4.79 Å². The fourth-order valence-electron chi connectivity index (χ4n) is 3.69. The van der Waals surface area contributed by atoms with E-state index < -0.39 is 6.04 Å². The van der Waals surface area contributed by atoms with Gasteiger partial charge in [-0.2, -0.15) is 5.10 Å². The molecule has 2 aromatic carbocycles. The van der Waals surface area contributed by atoms with E-state index in [2.05, 4.69) is 10.00 Å².